The monoisotopic (exact) mass is 388 g/mol. The molecule has 3 rings (SSSR count). The van der Waals surface area contributed by atoms with E-state index in [2.05, 4.69) is 14.9 Å². The second-order valence-electron chi connectivity index (χ2n) is 6.85. The molecule has 5 nitrogen and oxygen atoms in total. The fourth-order valence-electron chi connectivity index (χ4n) is 3.26. The summed E-state index contributed by atoms with van der Waals surface area (Å²) in [5, 5.41) is 2.99. The molecule has 0 aliphatic carbocycles. The summed E-state index contributed by atoms with van der Waals surface area (Å²) in [6.07, 6.45) is -1.82. The summed E-state index contributed by atoms with van der Waals surface area (Å²) in [7, 11) is 3.68. The Bertz CT molecular complexity index is 743. The minimum Gasteiger partial charge on any atom is -0.375 e. The van der Waals surface area contributed by atoms with Gasteiger partial charge in [-0.3, -0.25) is 0 Å². The van der Waals surface area contributed by atoms with E-state index in [1.165, 1.54) is 0 Å². The summed E-state index contributed by atoms with van der Waals surface area (Å²) in [4.78, 5) is 10.5. The zero-order valence-electron chi connectivity index (χ0n) is 15.1. The molecule has 26 heavy (non-hydrogen) atoms. The Morgan fingerprint density at radius 1 is 1.42 bits per heavy atom. The number of nitrogens with zero attached hydrogens (tertiary/aromatic N) is 4. The molecule has 2 aromatic heterocycles. The van der Waals surface area contributed by atoms with Gasteiger partial charge in [0, 0.05) is 44.7 Å². The summed E-state index contributed by atoms with van der Waals surface area (Å²) in [5.41, 5.74) is 0.207. The van der Waals surface area contributed by atoms with Crippen molar-refractivity contribution >= 4 is 11.3 Å². The van der Waals surface area contributed by atoms with Crippen LogP contribution in [0, 0.1) is 5.92 Å². The topological polar surface area (TPSA) is 43.2 Å². The van der Waals surface area contributed by atoms with Crippen molar-refractivity contribution < 1.29 is 17.9 Å². The predicted molar refractivity (Wildman–Crippen MR) is 92.9 cm³/mol. The number of hydrogen-bond donors (Lipinski definition) is 0. The van der Waals surface area contributed by atoms with E-state index in [1.807, 2.05) is 19.4 Å². The standard InChI is InChI=1S/C17H23F3N4OS/c1-11(25-3)16-21-13(10-26-16)8-23(2)6-12-4-5-15-22-14(17(18,19)20)9-24(15)7-12/h9-12H,4-8H2,1-3H3/t11-,12-/m0/s1. The van der Waals surface area contributed by atoms with Gasteiger partial charge in [-0.05, 0) is 26.3 Å². The molecular weight excluding hydrogens is 365 g/mol. The highest BCUT2D eigenvalue weighted by atomic mass is 32.1. The molecule has 1 aliphatic rings. The van der Waals surface area contributed by atoms with Crippen LogP contribution in [0.15, 0.2) is 11.6 Å². The van der Waals surface area contributed by atoms with E-state index in [9.17, 15) is 13.2 Å². The van der Waals surface area contributed by atoms with Gasteiger partial charge in [-0.25, -0.2) is 9.97 Å². The normalized spacial score (nSPS) is 19.0. The lowest BCUT2D eigenvalue weighted by Gasteiger charge is -2.27. The number of fused-ring (bicyclic) bond motifs is 1. The third-order valence-electron chi connectivity index (χ3n) is 4.65. The fraction of sp³-hybridized carbons (Fsp3) is 0.647. The Labute approximate surface area is 154 Å². The van der Waals surface area contributed by atoms with Gasteiger partial charge in [0.25, 0.3) is 0 Å². The van der Waals surface area contributed by atoms with E-state index < -0.39 is 11.9 Å². The van der Waals surface area contributed by atoms with Crippen LogP contribution in [-0.4, -0.2) is 40.1 Å². The summed E-state index contributed by atoms with van der Waals surface area (Å²) in [6, 6.07) is 0. The number of imidazole rings is 1. The molecule has 0 spiro atoms. The van der Waals surface area contributed by atoms with Crippen molar-refractivity contribution in [3.63, 3.8) is 0 Å². The quantitative estimate of drug-likeness (QED) is 0.756. The number of hydrogen-bond acceptors (Lipinski definition) is 5. The number of methoxy groups -OCH3 is 1. The molecule has 0 bridgehead atoms. The number of rotatable bonds is 6. The molecule has 0 unspecified atom stereocenters. The van der Waals surface area contributed by atoms with Gasteiger partial charge in [0.1, 0.15) is 16.9 Å². The first-order valence-corrected chi connectivity index (χ1v) is 9.43. The maximum Gasteiger partial charge on any atom is 0.434 e. The van der Waals surface area contributed by atoms with Crippen LogP contribution in [0.5, 0.6) is 0 Å². The average Bonchev–Trinajstić information content (AvgIpc) is 3.20. The Balaban J connectivity index is 1.56. The highest BCUT2D eigenvalue weighted by Gasteiger charge is 2.35. The molecule has 2 atom stereocenters. The van der Waals surface area contributed by atoms with E-state index in [0.29, 0.717) is 31.3 Å². The van der Waals surface area contributed by atoms with Crippen LogP contribution in [-0.2, 0) is 30.4 Å². The SMILES string of the molecule is CO[C@@H](C)c1nc(CN(C)C[C@@H]2CCc3nc(C(F)(F)F)cn3C2)cs1. The van der Waals surface area contributed by atoms with Crippen LogP contribution in [0.1, 0.15) is 41.7 Å². The smallest absolute Gasteiger partial charge is 0.375 e. The maximum atomic E-state index is 12.8. The van der Waals surface area contributed by atoms with Gasteiger partial charge in [-0.1, -0.05) is 0 Å². The third kappa shape index (κ3) is 4.44. The molecule has 2 aromatic rings. The van der Waals surface area contributed by atoms with E-state index in [-0.39, 0.29) is 6.10 Å². The highest BCUT2D eigenvalue weighted by molar-refractivity contribution is 7.09. The van der Waals surface area contributed by atoms with Crippen LogP contribution < -0.4 is 0 Å². The molecule has 1 aliphatic heterocycles. The molecule has 0 N–H and O–H groups in total. The van der Waals surface area contributed by atoms with Crippen molar-refractivity contribution in [2.24, 2.45) is 5.92 Å². The summed E-state index contributed by atoms with van der Waals surface area (Å²) >= 11 is 1.58. The Kier molecular flexibility index (Phi) is 5.69. The van der Waals surface area contributed by atoms with E-state index in [4.69, 9.17) is 4.74 Å². The molecule has 144 valence electrons. The van der Waals surface area contributed by atoms with Gasteiger partial charge < -0.3 is 14.2 Å². The molecule has 9 heteroatoms. The number of alkyl halides is 3. The van der Waals surface area contributed by atoms with E-state index in [1.54, 1.807) is 23.0 Å². The van der Waals surface area contributed by atoms with Crippen LogP contribution in [0.3, 0.4) is 0 Å². The van der Waals surface area contributed by atoms with Crippen molar-refractivity contribution in [2.45, 2.75) is 45.1 Å². The van der Waals surface area contributed by atoms with Crippen LogP contribution >= 0.6 is 11.3 Å². The number of aryl methyl sites for hydroxylation is 1. The second kappa shape index (κ2) is 7.66. The first-order chi connectivity index (χ1) is 12.3. The molecule has 0 radical (unpaired) electrons. The van der Waals surface area contributed by atoms with Crippen molar-refractivity contribution in [1.82, 2.24) is 19.4 Å². The molecule has 0 amide bonds. The zero-order valence-corrected chi connectivity index (χ0v) is 15.9. The van der Waals surface area contributed by atoms with Gasteiger partial charge >= 0.3 is 6.18 Å². The molecule has 3 heterocycles. The van der Waals surface area contributed by atoms with Gasteiger partial charge in [0.05, 0.1) is 5.69 Å². The average molecular weight is 388 g/mol. The first kappa shape index (κ1) is 19.3. The number of thiazole rings is 1. The highest BCUT2D eigenvalue weighted by Crippen LogP contribution is 2.31. The zero-order chi connectivity index (χ0) is 18.9. The molecular formula is C17H23F3N4OS. The first-order valence-electron chi connectivity index (χ1n) is 8.55. The van der Waals surface area contributed by atoms with Gasteiger partial charge in [-0.15, -0.1) is 11.3 Å². The molecule has 0 saturated carbocycles. The second-order valence-corrected chi connectivity index (χ2v) is 7.74. The number of aromatic nitrogens is 3. The van der Waals surface area contributed by atoms with Crippen molar-refractivity contribution in [2.75, 3.05) is 20.7 Å². The minimum atomic E-state index is -4.38. The lowest BCUT2D eigenvalue weighted by molar-refractivity contribution is -0.141. The van der Waals surface area contributed by atoms with Gasteiger partial charge in [0.2, 0.25) is 0 Å². The minimum absolute atomic E-state index is 0.0140. The molecule has 0 fully saturated rings. The lowest BCUT2D eigenvalue weighted by Crippen LogP contribution is -2.31. The van der Waals surface area contributed by atoms with Crippen molar-refractivity contribution in [3.8, 4) is 0 Å². The largest absolute Gasteiger partial charge is 0.434 e. The Morgan fingerprint density at radius 2 is 2.19 bits per heavy atom. The van der Waals surface area contributed by atoms with Crippen molar-refractivity contribution in [3.05, 3.63) is 33.8 Å². The summed E-state index contributed by atoms with van der Waals surface area (Å²) < 4.78 is 45.4. The predicted octanol–water partition coefficient (Wildman–Crippen LogP) is 3.76. The molecule has 0 saturated heterocycles. The van der Waals surface area contributed by atoms with Crippen LogP contribution in [0.25, 0.3) is 0 Å². The lowest BCUT2D eigenvalue weighted by atomic mass is 9.99. The van der Waals surface area contributed by atoms with Crippen LogP contribution in [0.4, 0.5) is 13.2 Å². The number of halogens is 3. The Hall–Kier alpha value is -1.45. The molecule has 0 aromatic carbocycles. The fourth-order valence-corrected chi connectivity index (χ4v) is 4.11. The van der Waals surface area contributed by atoms with Crippen LogP contribution in [0.2, 0.25) is 0 Å². The van der Waals surface area contributed by atoms with E-state index >= 15 is 0 Å². The van der Waals surface area contributed by atoms with E-state index in [0.717, 1.165) is 29.9 Å². The van der Waals surface area contributed by atoms with Gasteiger partial charge in [0.15, 0.2) is 5.69 Å². The summed E-state index contributed by atoms with van der Waals surface area (Å²) in [6.45, 7) is 4.07. The Morgan fingerprint density at radius 3 is 2.88 bits per heavy atom. The number of ether oxygens (including phenoxy) is 1. The summed E-state index contributed by atoms with van der Waals surface area (Å²) in [5.74, 6) is 0.840. The van der Waals surface area contributed by atoms with Gasteiger partial charge in [-0.2, -0.15) is 13.2 Å². The maximum absolute atomic E-state index is 12.8. The van der Waals surface area contributed by atoms with Crippen molar-refractivity contribution in [1.29, 1.82) is 0 Å². The third-order valence-corrected chi connectivity index (χ3v) is 5.71.